The number of carbonyl (C=O) groups is 2. The van der Waals surface area contributed by atoms with E-state index in [0.717, 1.165) is 11.1 Å². The van der Waals surface area contributed by atoms with Gasteiger partial charge in [0.1, 0.15) is 6.17 Å². The standard InChI is InChI=1S/C23H24FN5O2/c1-14-20(28-23(25)26-14)21(30)27-19-11-18(24)12-29(13-19)22(31)17-9-5-8-16(10-17)15-6-3-2-4-7-15/h2-10,18-19H,11-13H2,1H3,(H,27,30)(H3,25,26,28)/t18-,19+/m1/s1. The van der Waals surface area contributed by atoms with Gasteiger partial charge in [0.15, 0.2) is 11.6 Å². The number of carbonyl (C=O) groups excluding carboxylic acids is 2. The van der Waals surface area contributed by atoms with Crippen LogP contribution in [-0.2, 0) is 0 Å². The van der Waals surface area contributed by atoms with Crippen LogP contribution in [0.25, 0.3) is 11.1 Å². The van der Waals surface area contributed by atoms with Crippen LogP contribution >= 0.6 is 0 Å². The predicted molar refractivity (Wildman–Crippen MR) is 116 cm³/mol. The van der Waals surface area contributed by atoms with Crippen LogP contribution in [0, 0.1) is 6.92 Å². The number of aromatic nitrogens is 2. The number of rotatable bonds is 4. The fraction of sp³-hybridized carbons (Fsp3) is 0.261. The molecule has 2 aromatic carbocycles. The summed E-state index contributed by atoms with van der Waals surface area (Å²) < 4.78 is 14.5. The van der Waals surface area contributed by atoms with Crippen molar-refractivity contribution in [1.29, 1.82) is 0 Å². The molecule has 0 unspecified atom stereocenters. The Morgan fingerprint density at radius 3 is 2.58 bits per heavy atom. The van der Waals surface area contributed by atoms with Crippen LogP contribution < -0.4 is 11.1 Å². The number of nitrogens with zero attached hydrogens (tertiary/aromatic N) is 2. The topological polar surface area (TPSA) is 104 Å². The number of halogens is 1. The molecule has 1 saturated heterocycles. The van der Waals surface area contributed by atoms with Crippen molar-refractivity contribution in [3.63, 3.8) is 0 Å². The number of alkyl halides is 1. The normalized spacial score (nSPS) is 18.6. The van der Waals surface area contributed by atoms with Crippen LogP contribution in [0.4, 0.5) is 10.3 Å². The molecule has 31 heavy (non-hydrogen) atoms. The summed E-state index contributed by atoms with van der Waals surface area (Å²) >= 11 is 0. The molecule has 4 rings (SSSR count). The number of aryl methyl sites for hydroxylation is 1. The minimum Gasteiger partial charge on any atom is -0.369 e. The maximum Gasteiger partial charge on any atom is 0.272 e. The van der Waals surface area contributed by atoms with Crippen LogP contribution in [0.3, 0.4) is 0 Å². The zero-order valence-electron chi connectivity index (χ0n) is 17.1. The van der Waals surface area contributed by atoms with Crippen LogP contribution in [0.5, 0.6) is 0 Å². The van der Waals surface area contributed by atoms with Crippen LogP contribution in [0.2, 0.25) is 0 Å². The van der Waals surface area contributed by atoms with Crippen molar-refractivity contribution >= 4 is 17.8 Å². The molecule has 0 aliphatic carbocycles. The number of nitrogens with one attached hydrogen (secondary N) is 2. The third-order valence-corrected chi connectivity index (χ3v) is 5.36. The summed E-state index contributed by atoms with van der Waals surface area (Å²) in [4.78, 5) is 33.8. The molecule has 160 valence electrons. The second kappa shape index (κ2) is 8.59. The highest BCUT2D eigenvalue weighted by molar-refractivity contribution is 5.96. The number of piperidine rings is 1. The number of imidazole rings is 1. The van der Waals surface area contributed by atoms with E-state index >= 15 is 0 Å². The lowest BCUT2D eigenvalue weighted by Crippen LogP contribution is -2.53. The van der Waals surface area contributed by atoms with Gasteiger partial charge < -0.3 is 20.9 Å². The number of hydrogen-bond donors (Lipinski definition) is 3. The van der Waals surface area contributed by atoms with Crippen molar-refractivity contribution in [1.82, 2.24) is 20.2 Å². The molecule has 2 heterocycles. The lowest BCUT2D eigenvalue weighted by molar-refractivity contribution is 0.0561. The molecular formula is C23H24FN5O2. The van der Waals surface area contributed by atoms with E-state index in [0.29, 0.717) is 11.3 Å². The highest BCUT2D eigenvalue weighted by atomic mass is 19.1. The van der Waals surface area contributed by atoms with Crippen molar-refractivity contribution in [2.24, 2.45) is 0 Å². The quantitative estimate of drug-likeness (QED) is 0.602. The number of amides is 2. The predicted octanol–water partition coefficient (Wildman–Crippen LogP) is 2.95. The maximum absolute atomic E-state index is 14.5. The van der Waals surface area contributed by atoms with E-state index < -0.39 is 18.1 Å². The summed E-state index contributed by atoms with van der Waals surface area (Å²) in [5.41, 5.74) is 8.70. The van der Waals surface area contributed by atoms with E-state index in [9.17, 15) is 14.0 Å². The Balaban J connectivity index is 1.48. The Labute approximate surface area is 179 Å². The minimum absolute atomic E-state index is 0.00481. The van der Waals surface area contributed by atoms with Crippen LogP contribution in [0.1, 0.15) is 33.0 Å². The first-order valence-electron chi connectivity index (χ1n) is 10.1. The Bertz CT molecular complexity index is 1100. The Kier molecular flexibility index (Phi) is 5.70. The first kappa shape index (κ1) is 20.6. The summed E-state index contributed by atoms with van der Waals surface area (Å²) in [6.45, 7) is 1.90. The van der Waals surface area contributed by atoms with E-state index in [1.165, 1.54) is 4.90 Å². The molecule has 1 aromatic heterocycles. The molecule has 4 N–H and O–H groups in total. The number of anilines is 1. The van der Waals surface area contributed by atoms with Crippen molar-refractivity contribution in [3.05, 3.63) is 71.5 Å². The number of H-pyrrole nitrogens is 1. The molecule has 2 atom stereocenters. The molecule has 7 nitrogen and oxygen atoms in total. The molecule has 0 saturated carbocycles. The van der Waals surface area contributed by atoms with E-state index in [2.05, 4.69) is 15.3 Å². The molecule has 1 fully saturated rings. The third kappa shape index (κ3) is 4.58. The van der Waals surface area contributed by atoms with Gasteiger partial charge in [0.25, 0.3) is 11.8 Å². The van der Waals surface area contributed by atoms with Crippen molar-refractivity contribution in [3.8, 4) is 11.1 Å². The summed E-state index contributed by atoms with van der Waals surface area (Å²) in [6, 6.07) is 16.5. The molecule has 3 aromatic rings. The number of hydrogen-bond acceptors (Lipinski definition) is 4. The Morgan fingerprint density at radius 2 is 1.87 bits per heavy atom. The molecule has 0 bridgehead atoms. The largest absolute Gasteiger partial charge is 0.369 e. The molecule has 0 radical (unpaired) electrons. The number of likely N-dealkylation sites (tertiary alicyclic amines) is 1. The summed E-state index contributed by atoms with van der Waals surface area (Å²) in [6.07, 6.45) is -1.09. The number of nitrogens with two attached hydrogens (primary N) is 1. The van der Waals surface area contributed by atoms with Crippen molar-refractivity contribution in [2.45, 2.75) is 25.6 Å². The van der Waals surface area contributed by atoms with Gasteiger partial charge in [0.2, 0.25) is 0 Å². The second-order valence-corrected chi connectivity index (χ2v) is 7.76. The van der Waals surface area contributed by atoms with Gasteiger partial charge in [0, 0.05) is 30.3 Å². The fourth-order valence-corrected chi connectivity index (χ4v) is 3.91. The highest BCUT2D eigenvalue weighted by Crippen LogP contribution is 2.22. The van der Waals surface area contributed by atoms with Gasteiger partial charge in [-0.1, -0.05) is 42.5 Å². The van der Waals surface area contributed by atoms with E-state index in [4.69, 9.17) is 5.73 Å². The van der Waals surface area contributed by atoms with E-state index in [1.807, 2.05) is 48.5 Å². The van der Waals surface area contributed by atoms with Gasteiger partial charge in [-0.05, 0) is 30.2 Å². The number of benzene rings is 2. The van der Waals surface area contributed by atoms with Crippen LogP contribution in [0.15, 0.2) is 54.6 Å². The first-order valence-corrected chi connectivity index (χ1v) is 10.1. The molecule has 0 spiro atoms. The summed E-state index contributed by atoms with van der Waals surface area (Å²) in [5, 5.41) is 2.78. The van der Waals surface area contributed by atoms with Crippen molar-refractivity contribution in [2.75, 3.05) is 18.8 Å². The lowest BCUT2D eigenvalue weighted by Gasteiger charge is -2.35. The molecule has 8 heteroatoms. The maximum atomic E-state index is 14.5. The second-order valence-electron chi connectivity index (χ2n) is 7.76. The lowest BCUT2D eigenvalue weighted by atomic mass is 10.00. The highest BCUT2D eigenvalue weighted by Gasteiger charge is 2.32. The zero-order valence-corrected chi connectivity index (χ0v) is 17.1. The van der Waals surface area contributed by atoms with Crippen molar-refractivity contribution < 1.29 is 14.0 Å². The molecule has 1 aliphatic rings. The number of aromatic amines is 1. The van der Waals surface area contributed by atoms with Gasteiger partial charge in [-0.2, -0.15) is 0 Å². The average molecular weight is 421 g/mol. The summed E-state index contributed by atoms with van der Waals surface area (Å²) in [5.74, 6) is -0.563. The van der Waals surface area contributed by atoms with E-state index in [-0.39, 0.29) is 37.1 Å². The van der Waals surface area contributed by atoms with E-state index in [1.54, 1.807) is 13.0 Å². The monoisotopic (exact) mass is 421 g/mol. The van der Waals surface area contributed by atoms with Gasteiger partial charge in [0.05, 0.1) is 6.54 Å². The van der Waals surface area contributed by atoms with Gasteiger partial charge in [-0.25, -0.2) is 9.37 Å². The fourth-order valence-electron chi connectivity index (χ4n) is 3.91. The molecular weight excluding hydrogens is 397 g/mol. The van der Waals surface area contributed by atoms with Gasteiger partial charge >= 0.3 is 0 Å². The number of nitrogen functional groups attached to an aromatic ring is 1. The minimum atomic E-state index is -1.23. The van der Waals surface area contributed by atoms with Crippen LogP contribution in [-0.4, -0.2) is 52.0 Å². The smallest absolute Gasteiger partial charge is 0.272 e. The van der Waals surface area contributed by atoms with Gasteiger partial charge in [-0.15, -0.1) is 0 Å². The van der Waals surface area contributed by atoms with Gasteiger partial charge in [-0.3, -0.25) is 9.59 Å². The SMILES string of the molecule is Cc1[nH]c(N)nc1C(=O)N[C@H]1C[C@@H](F)CN(C(=O)c2cccc(-c3ccccc3)c2)C1. The third-order valence-electron chi connectivity index (χ3n) is 5.36. The summed E-state index contributed by atoms with van der Waals surface area (Å²) in [7, 11) is 0. The zero-order chi connectivity index (χ0) is 22.0. The molecule has 2 amide bonds. The molecule has 1 aliphatic heterocycles. The Hall–Kier alpha value is -3.68. The Morgan fingerprint density at radius 1 is 1.13 bits per heavy atom. The first-order chi connectivity index (χ1) is 14.9. The average Bonchev–Trinajstić information content (AvgIpc) is 3.11.